The van der Waals surface area contributed by atoms with Gasteiger partial charge >= 0.3 is 0 Å². The Labute approximate surface area is 84.5 Å². The first kappa shape index (κ1) is 10.9. The molecule has 0 aliphatic rings. The molecule has 1 rings (SSSR count). The average Bonchev–Trinajstić information content (AvgIpc) is 2.50. The SMILES string of the molecule is CN(C)C(C)(C)C(=O)c1cnn(C)c1. The van der Waals surface area contributed by atoms with E-state index in [2.05, 4.69) is 5.10 Å². The molecule has 4 nitrogen and oxygen atoms in total. The van der Waals surface area contributed by atoms with E-state index >= 15 is 0 Å². The number of carbonyl (C=O) groups excluding carboxylic acids is 1. The van der Waals surface area contributed by atoms with Crippen LogP contribution < -0.4 is 0 Å². The zero-order chi connectivity index (χ0) is 10.9. The highest BCUT2D eigenvalue weighted by atomic mass is 16.1. The van der Waals surface area contributed by atoms with Crippen LogP contribution in [0.2, 0.25) is 0 Å². The lowest BCUT2D eigenvalue weighted by atomic mass is 9.94. The molecule has 0 saturated heterocycles. The van der Waals surface area contributed by atoms with E-state index in [1.165, 1.54) is 0 Å². The number of hydrogen-bond donors (Lipinski definition) is 0. The maximum absolute atomic E-state index is 12.0. The molecule has 0 N–H and O–H groups in total. The van der Waals surface area contributed by atoms with Crippen molar-refractivity contribution in [1.29, 1.82) is 0 Å². The third-order valence-electron chi connectivity index (χ3n) is 2.64. The molecule has 14 heavy (non-hydrogen) atoms. The summed E-state index contributed by atoms with van der Waals surface area (Å²) in [6.07, 6.45) is 3.35. The first-order valence-corrected chi connectivity index (χ1v) is 4.56. The number of nitrogens with zero attached hydrogens (tertiary/aromatic N) is 3. The number of ketones is 1. The van der Waals surface area contributed by atoms with Crippen molar-refractivity contribution in [2.45, 2.75) is 19.4 Å². The highest BCUT2D eigenvalue weighted by molar-refractivity contribution is 6.02. The van der Waals surface area contributed by atoms with Crippen LogP contribution in [0, 0.1) is 0 Å². The number of aryl methyl sites for hydroxylation is 1. The summed E-state index contributed by atoms with van der Waals surface area (Å²) in [6.45, 7) is 3.81. The average molecular weight is 195 g/mol. The zero-order valence-electron chi connectivity index (χ0n) is 9.40. The minimum absolute atomic E-state index is 0.0931. The molecule has 0 amide bonds. The van der Waals surface area contributed by atoms with Crippen molar-refractivity contribution in [3.63, 3.8) is 0 Å². The van der Waals surface area contributed by atoms with Gasteiger partial charge in [0.15, 0.2) is 5.78 Å². The molecular formula is C10H17N3O. The highest BCUT2D eigenvalue weighted by Crippen LogP contribution is 2.16. The fraction of sp³-hybridized carbons (Fsp3) is 0.600. The summed E-state index contributed by atoms with van der Waals surface area (Å²) in [5, 5.41) is 3.99. The number of carbonyl (C=O) groups is 1. The van der Waals surface area contributed by atoms with Gasteiger partial charge in [-0.25, -0.2) is 0 Å². The highest BCUT2D eigenvalue weighted by Gasteiger charge is 2.31. The molecule has 0 atom stereocenters. The minimum atomic E-state index is -0.483. The third-order valence-corrected chi connectivity index (χ3v) is 2.64. The lowest BCUT2D eigenvalue weighted by Crippen LogP contribution is -2.45. The van der Waals surface area contributed by atoms with E-state index in [-0.39, 0.29) is 5.78 Å². The Kier molecular flexibility index (Phi) is 2.76. The van der Waals surface area contributed by atoms with Gasteiger partial charge in [0.1, 0.15) is 0 Å². The van der Waals surface area contributed by atoms with Gasteiger partial charge in [-0.2, -0.15) is 5.10 Å². The second-order valence-corrected chi connectivity index (χ2v) is 4.19. The molecule has 0 saturated carbocycles. The van der Waals surface area contributed by atoms with Gasteiger partial charge < -0.3 is 0 Å². The van der Waals surface area contributed by atoms with Crippen LogP contribution >= 0.6 is 0 Å². The van der Waals surface area contributed by atoms with Crippen LogP contribution in [-0.2, 0) is 7.05 Å². The number of likely N-dealkylation sites (N-methyl/N-ethyl adjacent to an activating group) is 1. The summed E-state index contributed by atoms with van der Waals surface area (Å²) in [5.74, 6) is 0.0931. The molecule has 0 spiro atoms. The Morgan fingerprint density at radius 1 is 1.50 bits per heavy atom. The Hall–Kier alpha value is -1.16. The molecule has 78 valence electrons. The fourth-order valence-electron chi connectivity index (χ4n) is 1.09. The smallest absolute Gasteiger partial charge is 0.185 e. The van der Waals surface area contributed by atoms with E-state index in [1.807, 2.05) is 32.8 Å². The van der Waals surface area contributed by atoms with Crippen LogP contribution in [0.25, 0.3) is 0 Å². The van der Waals surface area contributed by atoms with E-state index < -0.39 is 5.54 Å². The topological polar surface area (TPSA) is 38.1 Å². The van der Waals surface area contributed by atoms with Gasteiger partial charge in [0.2, 0.25) is 0 Å². The molecule has 0 aromatic carbocycles. The summed E-state index contributed by atoms with van der Waals surface area (Å²) >= 11 is 0. The molecule has 0 radical (unpaired) electrons. The van der Waals surface area contributed by atoms with Crippen LogP contribution in [-0.4, -0.2) is 40.1 Å². The van der Waals surface area contributed by atoms with Crippen molar-refractivity contribution in [2.24, 2.45) is 7.05 Å². The molecule has 4 heteroatoms. The molecule has 0 aliphatic heterocycles. The number of rotatable bonds is 3. The second kappa shape index (κ2) is 3.53. The molecular weight excluding hydrogens is 178 g/mol. The summed E-state index contributed by atoms with van der Waals surface area (Å²) < 4.78 is 1.64. The van der Waals surface area contributed by atoms with Crippen molar-refractivity contribution < 1.29 is 4.79 Å². The molecule has 1 aromatic rings. The summed E-state index contributed by atoms with van der Waals surface area (Å²) in [6, 6.07) is 0. The number of hydrogen-bond acceptors (Lipinski definition) is 3. The van der Waals surface area contributed by atoms with Crippen molar-refractivity contribution in [1.82, 2.24) is 14.7 Å². The Balaban J connectivity index is 2.96. The summed E-state index contributed by atoms with van der Waals surface area (Å²) in [5.41, 5.74) is 0.175. The van der Waals surface area contributed by atoms with Crippen LogP contribution in [0.1, 0.15) is 24.2 Å². The van der Waals surface area contributed by atoms with Crippen LogP contribution in [0.15, 0.2) is 12.4 Å². The van der Waals surface area contributed by atoms with E-state index in [4.69, 9.17) is 0 Å². The van der Waals surface area contributed by atoms with Gasteiger partial charge in [0.25, 0.3) is 0 Å². The normalized spacial score (nSPS) is 12.1. The molecule has 1 aromatic heterocycles. The third kappa shape index (κ3) is 1.85. The first-order chi connectivity index (χ1) is 6.35. The lowest BCUT2D eigenvalue weighted by molar-refractivity contribution is 0.0755. The van der Waals surface area contributed by atoms with Crippen LogP contribution in [0.3, 0.4) is 0 Å². The van der Waals surface area contributed by atoms with E-state index in [0.717, 1.165) is 0 Å². The van der Waals surface area contributed by atoms with E-state index in [0.29, 0.717) is 5.56 Å². The van der Waals surface area contributed by atoms with Gasteiger partial charge in [-0.05, 0) is 27.9 Å². The van der Waals surface area contributed by atoms with Gasteiger partial charge in [0.05, 0.1) is 17.3 Å². The van der Waals surface area contributed by atoms with Crippen molar-refractivity contribution in [3.05, 3.63) is 18.0 Å². The van der Waals surface area contributed by atoms with Crippen molar-refractivity contribution >= 4 is 5.78 Å². The van der Waals surface area contributed by atoms with Crippen LogP contribution in [0.5, 0.6) is 0 Å². The van der Waals surface area contributed by atoms with Gasteiger partial charge in [0, 0.05) is 13.2 Å². The Morgan fingerprint density at radius 3 is 2.43 bits per heavy atom. The summed E-state index contributed by atoms with van der Waals surface area (Å²) in [4.78, 5) is 13.9. The van der Waals surface area contributed by atoms with E-state index in [1.54, 1.807) is 24.1 Å². The Morgan fingerprint density at radius 2 is 2.07 bits per heavy atom. The predicted molar refractivity (Wildman–Crippen MR) is 55.3 cm³/mol. The van der Waals surface area contributed by atoms with Crippen LogP contribution in [0.4, 0.5) is 0 Å². The molecule has 0 aliphatic carbocycles. The quantitative estimate of drug-likeness (QED) is 0.674. The predicted octanol–water partition coefficient (Wildman–Crippen LogP) is 0.943. The maximum atomic E-state index is 12.0. The zero-order valence-corrected chi connectivity index (χ0v) is 9.40. The fourth-order valence-corrected chi connectivity index (χ4v) is 1.09. The van der Waals surface area contributed by atoms with Crippen molar-refractivity contribution in [2.75, 3.05) is 14.1 Å². The molecule has 0 bridgehead atoms. The number of aromatic nitrogens is 2. The molecule has 0 unspecified atom stereocenters. The van der Waals surface area contributed by atoms with E-state index in [9.17, 15) is 4.79 Å². The largest absolute Gasteiger partial charge is 0.297 e. The second-order valence-electron chi connectivity index (χ2n) is 4.19. The Bertz CT molecular complexity index is 339. The van der Waals surface area contributed by atoms with Gasteiger partial charge in [-0.15, -0.1) is 0 Å². The maximum Gasteiger partial charge on any atom is 0.185 e. The monoisotopic (exact) mass is 195 g/mol. The molecule has 0 fully saturated rings. The lowest BCUT2D eigenvalue weighted by Gasteiger charge is -2.30. The van der Waals surface area contributed by atoms with Crippen molar-refractivity contribution in [3.8, 4) is 0 Å². The number of Topliss-reactive ketones (excluding diaryl/α,β-unsaturated/α-hetero) is 1. The van der Waals surface area contributed by atoms with Gasteiger partial charge in [-0.1, -0.05) is 0 Å². The van der Waals surface area contributed by atoms with Gasteiger partial charge in [-0.3, -0.25) is 14.4 Å². The molecule has 1 heterocycles. The minimum Gasteiger partial charge on any atom is -0.297 e. The summed E-state index contributed by atoms with van der Waals surface area (Å²) in [7, 11) is 5.60. The first-order valence-electron chi connectivity index (χ1n) is 4.56. The standard InChI is InChI=1S/C10H17N3O/c1-10(2,12(3)4)9(14)8-6-11-13(5)7-8/h6-7H,1-5H3.